The lowest BCUT2D eigenvalue weighted by molar-refractivity contribution is -0.119. The van der Waals surface area contributed by atoms with E-state index in [0.717, 1.165) is 37.2 Å². The van der Waals surface area contributed by atoms with E-state index in [-0.39, 0.29) is 38.8 Å². The van der Waals surface area contributed by atoms with Crippen LogP contribution in [0.3, 0.4) is 0 Å². The maximum Gasteiger partial charge on any atom is 0.339 e. The van der Waals surface area contributed by atoms with Crippen LogP contribution >= 0.6 is 11.6 Å². The first-order chi connectivity index (χ1) is 19.7. The Bertz CT molecular complexity index is 1560. The molecule has 2 aliphatic carbocycles. The van der Waals surface area contributed by atoms with Crippen LogP contribution in [0.15, 0.2) is 69.9 Å². The van der Waals surface area contributed by atoms with Gasteiger partial charge in [0.25, 0.3) is 0 Å². The highest BCUT2D eigenvalue weighted by atomic mass is 35.5. The van der Waals surface area contributed by atoms with Crippen molar-refractivity contribution in [1.29, 1.82) is 0 Å². The number of Topliss-reactive ketones (excluding diaryl/α,β-unsaturated/α-hetero) is 2. The number of hydrogen-bond acceptors (Lipinski definition) is 7. The Morgan fingerprint density at radius 3 is 1.90 bits per heavy atom. The maximum atomic E-state index is 13.9. The van der Waals surface area contributed by atoms with Gasteiger partial charge in [-0.3, -0.25) is 9.59 Å². The van der Waals surface area contributed by atoms with Gasteiger partial charge in [-0.05, 0) is 72.1 Å². The van der Waals surface area contributed by atoms with Gasteiger partial charge in [0.15, 0.2) is 23.1 Å². The molecule has 0 saturated heterocycles. The lowest BCUT2D eigenvalue weighted by Gasteiger charge is -2.49. The fourth-order valence-electron chi connectivity index (χ4n) is 6.57. The van der Waals surface area contributed by atoms with Gasteiger partial charge in [-0.1, -0.05) is 52.3 Å². The van der Waals surface area contributed by atoms with Crippen molar-refractivity contribution in [2.75, 3.05) is 13.7 Å². The van der Waals surface area contributed by atoms with E-state index in [2.05, 4.69) is 39.5 Å². The number of methoxy groups -OCH3 is 1. The van der Waals surface area contributed by atoms with E-state index in [0.29, 0.717) is 34.6 Å². The number of carbonyl (C=O) groups excluding carboxylic acids is 2. The zero-order chi connectivity index (χ0) is 30.6. The van der Waals surface area contributed by atoms with Crippen molar-refractivity contribution in [3.63, 3.8) is 0 Å². The molecule has 1 aliphatic heterocycles. The molecule has 3 aliphatic rings. The van der Waals surface area contributed by atoms with Crippen molar-refractivity contribution in [2.45, 2.75) is 77.5 Å². The molecule has 0 N–H and O–H groups in total. The average molecular weight is 612 g/mol. The van der Waals surface area contributed by atoms with Gasteiger partial charge in [-0.25, -0.2) is 0 Å². The minimum absolute atomic E-state index is 0.00948. The largest absolute Gasteiger partial charge is 0.493 e. The molecule has 0 amide bonds. The molecule has 2 aromatic rings. The van der Waals surface area contributed by atoms with Crippen LogP contribution in [0.4, 0.5) is 0 Å². The number of ketones is 2. The molecule has 0 saturated carbocycles. The van der Waals surface area contributed by atoms with Gasteiger partial charge in [0, 0.05) is 52.9 Å². The van der Waals surface area contributed by atoms with Crippen LogP contribution in [0.25, 0.3) is 0 Å². The van der Waals surface area contributed by atoms with Crippen LogP contribution in [0.1, 0.15) is 78.2 Å². The number of halogens is 1. The molecule has 5 rings (SSSR count). The third kappa shape index (κ3) is 5.63. The van der Waals surface area contributed by atoms with Gasteiger partial charge < -0.3 is 13.8 Å². The van der Waals surface area contributed by atoms with Gasteiger partial charge in [-0.15, -0.1) is 0 Å². The van der Waals surface area contributed by atoms with Crippen molar-refractivity contribution in [3.05, 3.63) is 75.6 Å². The molecule has 0 atom stereocenters. The van der Waals surface area contributed by atoms with E-state index in [9.17, 15) is 18.0 Å². The Kier molecular flexibility index (Phi) is 7.86. The first-order valence-electron chi connectivity index (χ1n) is 14.3. The first-order valence-corrected chi connectivity index (χ1v) is 16.1. The summed E-state index contributed by atoms with van der Waals surface area (Å²) in [6.07, 6.45) is 3.12. The molecule has 42 heavy (non-hydrogen) atoms. The number of carbonyl (C=O) groups is 2. The molecule has 1 heterocycles. The summed E-state index contributed by atoms with van der Waals surface area (Å²) in [4.78, 5) is 30.0. The van der Waals surface area contributed by atoms with Crippen LogP contribution in [0, 0.1) is 10.8 Å². The van der Waals surface area contributed by atoms with Crippen molar-refractivity contribution in [3.8, 4) is 11.5 Å². The maximum absolute atomic E-state index is 13.9. The molecule has 0 fully saturated rings. The molecule has 7 nitrogen and oxygen atoms in total. The average Bonchev–Trinajstić information content (AvgIpc) is 2.88. The number of benzene rings is 2. The van der Waals surface area contributed by atoms with E-state index in [1.807, 2.05) is 0 Å². The number of allylic oxidation sites excluding steroid dienone is 4. The van der Waals surface area contributed by atoms with E-state index >= 15 is 0 Å². The fourth-order valence-corrected chi connectivity index (χ4v) is 7.64. The smallest absolute Gasteiger partial charge is 0.339 e. The summed E-state index contributed by atoms with van der Waals surface area (Å²) in [5, 5.41) is 0.407. The summed E-state index contributed by atoms with van der Waals surface area (Å²) < 4.78 is 37.1. The van der Waals surface area contributed by atoms with Crippen LogP contribution < -0.4 is 8.92 Å². The first kappa shape index (κ1) is 30.4. The van der Waals surface area contributed by atoms with Gasteiger partial charge in [0.1, 0.15) is 4.90 Å². The topological polar surface area (TPSA) is 90.0 Å². The lowest BCUT2D eigenvalue weighted by Crippen LogP contribution is -2.44. The summed E-state index contributed by atoms with van der Waals surface area (Å²) in [5.41, 5.74) is 3.61. The number of nitrogens with zero attached hydrogens (tertiary/aromatic N) is 1. The zero-order valence-electron chi connectivity index (χ0n) is 25.0. The Morgan fingerprint density at radius 1 is 0.857 bits per heavy atom. The third-order valence-electron chi connectivity index (χ3n) is 8.29. The highest BCUT2D eigenvalue weighted by molar-refractivity contribution is 7.87. The lowest BCUT2D eigenvalue weighted by atomic mass is 9.63. The van der Waals surface area contributed by atoms with Crippen LogP contribution in [0.2, 0.25) is 5.02 Å². The number of rotatable bonds is 7. The van der Waals surface area contributed by atoms with Crippen LogP contribution in [-0.2, 0) is 19.7 Å². The van der Waals surface area contributed by atoms with Gasteiger partial charge in [-0.2, -0.15) is 8.42 Å². The van der Waals surface area contributed by atoms with Gasteiger partial charge in [0.05, 0.1) is 7.11 Å². The molecule has 0 aromatic heterocycles. The summed E-state index contributed by atoms with van der Waals surface area (Å²) >= 11 is 5.92. The van der Waals surface area contributed by atoms with Crippen molar-refractivity contribution in [1.82, 2.24) is 4.90 Å². The van der Waals surface area contributed by atoms with E-state index in [4.69, 9.17) is 20.5 Å². The molecular weight excluding hydrogens is 574 g/mol. The number of ether oxygens (including phenoxy) is 1. The van der Waals surface area contributed by atoms with Crippen LogP contribution in [-0.4, -0.2) is 38.5 Å². The SMILES string of the molecule is CCCN1C2=C(C(=O)CC(C)(C)C2)C(c2ccc(OS(=O)(=O)c3ccc(Cl)cc3)c(OC)c2)C2=C1CC(C)(C)CC2=O. The normalized spacial score (nSPS) is 20.4. The highest BCUT2D eigenvalue weighted by Crippen LogP contribution is 2.55. The monoisotopic (exact) mass is 611 g/mol. The minimum atomic E-state index is -4.17. The number of hydrogen-bond donors (Lipinski definition) is 0. The Morgan fingerprint density at radius 2 is 1.40 bits per heavy atom. The quantitative estimate of drug-likeness (QED) is 0.306. The molecule has 0 spiro atoms. The van der Waals surface area contributed by atoms with E-state index < -0.39 is 16.0 Å². The fraction of sp³-hybridized carbons (Fsp3) is 0.455. The Hall–Kier alpha value is -3.10. The molecule has 0 bridgehead atoms. The second kappa shape index (κ2) is 10.9. The molecular formula is C33H38ClNO6S. The standard InChI is InChI=1S/C33H38ClNO6S/c1-7-14-35-23-16-32(2,3)18-25(36)30(23)29(31-24(35)17-33(4,5)19-26(31)37)20-8-13-27(28(15-20)40-6)41-42(38,39)22-11-9-21(34)10-12-22/h8-13,15,29H,7,14,16-19H2,1-6H3. The van der Waals surface area contributed by atoms with Crippen LogP contribution in [0.5, 0.6) is 11.5 Å². The molecule has 9 heteroatoms. The van der Waals surface area contributed by atoms with E-state index in [1.165, 1.54) is 37.4 Å². The predicted octanol–water partition coefficient (Wildman–Crippen LogP) is 7.21. The summed E-state index contributed by atoms with van der Waals surface area (Å²) in [7, 11) is -2.73. The second-order valence-electron chi connectivity index (χ2n) is 13.1. The summed E-state index contributed by atoms with van der Waals surface area (Å²) in [6, 6.07) is 10.7. The van der Waals surface area contributed by atoms with Crippen molar-refractivity contribution >= 4 is 33.3 Å². The van der Waals surface area contributed by atoms with Crippen molar-refractivity contribution < 1.29 is 26.9 Å². The van der Waals surface area contributed by atoms with E-state index in [1.54, 1.807) is 12.1 Å². The zero-order valence-corrected chi connectivity index (χ0v) is 26.6. The summed E-state index contributed by atoms with van der Waals surface area (Å²) in [5.74, 6) is -0.277. The molecule has 0 unspecified atom stereocenters. The Labute approximate surface area is 253 Å². The third-order valence-corrected chi connectivity index (χ3v) is 9.79. The predicted molar refractivity (Wildman–Crippen MR) is 162 cm³/mol. The van der Waals surface area contributed by atoms with Gasteiger partial charge >= 0.3 is 10.1 Å². The molecule has 0 radical (unpaired) electrons. The molecule has 2 aromatic carbocycles. The summed E-state index contributed by atoms with van der Waals surface area (Å²) in [6.45, 7) is 11.3. The van der Waals surface area contributed by atoms with Crippen molar-refractivity contribution in [2.24, 2.45) is 10.8 Å². The Balaban J connectivity index is 1.65. The van der Waals surface area contributed by atoms with Gasteiger partial charge in [0.2, 0.25) is 0 Å². The second-order valence-corrected chi connectivity index (χ2v) is 15.1. The molecule has 224 valence electrons. The highest BCUT2D eigenvalue weighted by Gasteiger charge is 2.49. The minimum Gasteiger partial charge on any atom is -0.493 e.